The largest absolute Gasteiger partial charge is 0.492 e. The first-order valence-corrected chi connectivity index (χ1v) is 11.7. The van der Waals surface area contributed by atoms with Gasteiger partial charge < -0.3 is 24.3 Å². The van der Waals surface area contributed by atoms with Gasteiger partial charge in [-0.2, -0.15) is 0 Å². The second-order valence-electron chi connectivity index (χ2n) is 8.60. The molecular formula is C24H36N6O2. The SMILES string of the molecule is CN=C(NCc1ccccc1OCCN1CCOCC1)N1CCC(C)C(n2ccnc2)C1. The third-order valence-electron chi connectivity index (χ3n) is 6.52. The average Bonchev–Trinajstić information content (AvgIpc) is 3.37. The lowest BCUT2D eigenvalue weighted by Gasteiger charge is -2.39. The summed E-state index contributed by atoms with van der Waals surface area (Å²) in [5.41, 5.74) is 1.15. The van der Waals surface area contributed by atoms with Crippen LogP contribution in [0.3, 0.4) is 0 Å². The third-order valence-corrected chi connectivity index (χ3v) is 6.52. The van der Waals surface area contributed by atoms with E-state index in [4.69, 9.17) is 9.47 Å². The summed E-state index contributed by atoms with van der Waals surface area (Å²) in [4.78, 5) is 13.5. The van der Waals surface area contributed by atoms with Crippen molar-refractivity contribution in [3.05, 3.63) is 48.5 Å². The quantitative estimate of drug-likeness (QED) is 0.526. The van der Waals surface area contributed by atoms with E-state index in [-0.39, 0.29) is 0 Å². The Morgan fingerprint density at radius 1 is 1.25 bits per heavy atom. The highest BCUT2D eigenvalue weighted by Crippen LogP contribution is 2.27. The van der Waals surface area contributed by atoms with Gasteiger partial charge in [-0.3, -0.25) is 9.89 Å². The number of benzene rings is 1. The number of rotatable bonds is 7. The van der Waals surface area contributed by atoms with E-state index in [1.54, 1.807) is 0 Å². The van der Waals surface area contributed by atoms with E-state index < -0.39 is 0 Å². The van der Waals surface area contributed by atoms with Gasteiger partial charge in [0.2, 0.25) is 0 Å². The molecule has 0 radical (unpaired) electrons. The zero-order chi connectivity index (χ0) is 22.2. The van der Waals surface area contributed by atoms with E-state index in [0.29, 0.717) is 25.1 Å². The predicted octanol–water partition coefficient (Wildman–Crippen LogP) is 2.25. The highest BCUT2D eigenvalue weighted by molar-refractivity contribution is 5.80. The van der Waals surface area contributed by atoms with Crippen molar-refractivity contribution < 1.29 is 9.47 Å². The summed E-state index contributed by atoms with van der Waals surface area (Å²) in [6.45, 7) is 10.1. The molecule has 1 N–H and O–H groups in total. The molecule has 2 atom stereocenters. The number of hydrogen-bond acceptors (Lipinski definition) is 5. The zero-order valence-electron chi connectivity index (χ0n) is 19.3. The molecule has 0 amide bonds. The van der Waals surface area contributed by atoms with Crippen LogP contribution >= 0.6 is 0 Å². The molecule has 2 saturated heterocycles. The molecule has 8 nitrogen and oxygen atoms in total. The summed E-state index contributed by atoms with van der Waals surface area (Å²) < 4.78 is 13.8. The van der Waals surface area contributed by atoms with E-state index >= 15 is 0 Å². The van der Waals surface area contributed by atoms with Gasteiger partial charge in [-0.15, -0.1) is 0 Å². The summed E-state index contributed by atoms with van der Waals surface area (Å²) >= 11 is 0. The van der Waals surface area contributed by atoms with Crippen molar-refractivity contribution in [2.75, 3.05) is 59.6 Å². The molecule has 2 fully saturated rings. The predicted molar refractivity (Wildman–Crippen MR) is 126 cm³/mol. The molecule has 2 unspecified atom stereocenters. The van der Waals surface area contributed by atoms with Crippen molar-refractivity contribution in [3.8, 4) is 5.75 Å². The standard InChI is InChI=1S/C24H36N6O2/c1-20-7-9-29(18-22(20)30-10-8-26-19-30)24(25-2)27-17-21-5-3-4-6-23(21)32-16-13-28-11-14-31-15-12-28/h3-6,8,10,19-20,22H,7,9,11-18H2,1-2H3,(H,25,27). The molecular weight excluding hydrogens is 404 g/mol. The van der Waals surface area contributed by atoms with E-state index in [0.717, 1.165) is 69.6 Å². The van der Waals surface area contributed by atoms with Gasteiger partial charge in [0.05, 0.1) is 25.6 Å². The van der Waals surface area contributed by atoms with Crippen molar-refractivity contribution in [1.29, 1.82) is 0 Å². The van der Waals surface area contributed by atoms with E-state index in [1.807, 2.05) is 25.6 Å². The topological polar surface area (TPSA) is 67.2 Å². The molecule has 0 bridgehead atoms. The van der Waals surface area contributed by atoms with Crippen LogP contribution in [0.4, 0.5) is 0 Å². The Labute approximate surface area is 191 Å². The Balaban J connectivity index is 1.32. The summed E-state index contributed by atoms with van der Waals surface area (Å²) in [6, 6.07) is 8.67. The van der Waals surface area contributed by atoms with Crippen LogP contribution in [0.15, 0.2) is 48.0 Å². The van der Waals surface area contributed by atoms with Gasteiger partial charge in [0, 0.05) is 64.3 Å². The second kappa shape index (κ2) is 11.3. The fourth-order valence-corrected chi connectivity index (χ4v) is 4.50. The monoisotopic (exact) mass is 440 g/mol. The van der Waals surface area contributed by atoms with Crippen LogP contribution < -0.4 is 10.1 Å². The van der Waals surface area contributed by atoms with E-state index in [2.05, 4.69) is 61.0 Å². The lowest BCUT2D eigenvalue weighted by Crippen LogP contribution is -2.48. The van der Waals surface area contributed by atoms with E-state index in [9.17, 15) is 0 Å². The Morgan fingerprint density at radius 3 is 2.88 bits per heavy atom. The van der Waals surface area contributed by atoms with Gasteiger partial charge in [-0.25, -0.2) is 4.98 Å². The Hall–Kier alpha value is -2.58. The number of aliphatic imine (C=N–C) groups is 1. The fourth-order valence-electron chi connectivity index (χ4n) is 4.50. The number of nitrogens with one attached hydrogen (secondary N) is 1. The number of aromatic nitrogens is 2. The maximum Gasteiger partial charge on any atom is 0.193 e. The first kappa shape index (κ1) is 22.6. The molecule has 3 heterocycles. The molecule has 1 aromatic carbocycles. The van der Waals surface area contributed by atoms with Gasteiger partial charge in [0.25, 0.3) is 0 Å². The molecule has 2 aromatic rings. The number of imidazole rings is 1. The molecule has 32 heavy (non-hydrogen) atoms. The normalized spacial score (nSPS) is 22.7. The minimum atomic E-state index is 0.403. The van der Waals surface area contributed by atoms with Gasteiger partial charge in [-0.1, -0.05) is 25.1 Å². The van der Waals surface area contributed by atoms with E-state index in [1.165, 1.54) is 0 Å². The molecule has 0 spiro atoms. The fraction of sp³-hybridized carbons (Fsp3) is 0.583. The summed E-state index contributed by atoms with van der Waals surface area (Å²) in [5.74, 6) is 2.48. The van der Waals surface area contributed by atoms with Crippen molar-refractivity contribution in [3.63, 3.8) is 0 Å². The van der Waals surface area contributed by atoms with Crippen LogP contribution in [0, 0.1) is 5.92 Å². The zero-order valence-corrected chi connectivity index (χ0v) is 19.3. The molecule has 8 heteroatoms. The van der Waals surface area contributed by atoms with Crippen LogP contribution in [0.1, 0.15) is 24.9 Å². The summed E-state index contributed by atoms with van der Waals surface area (Å²) in [6.07, 6.45) is 6.97. The number of likely N-dealkylation sites (tertiary alicyclic amines) is 1. The number of guanidine groups is 1. The van der Waals surface area contributed by atoms with Crippen LogP contribution in [-0.2, 0) is 11.3 Å². The lowest BCUT2D eigenvalue weighted by atomic mass is 9.93. The molecule has 0 aliphatic carbocycles. The Bertz CT molecular complexity index is 850. The Kier molecular flexibility index (Phi) is 8.01. The number of para-hydroxylation sites is 1. The van der Waals surface area contributed by atoms with Gasteiger partial charge >= 0.3 is 0 Å². The number of piperidine rings is 1. The van der Waals surface area contributed by atoms with Crippen molar-refractivity contribution in [1.82, 2.24) is 24.7 Å². The molecule has 0 saturated carbocycles. The molecule has 2 aliphatic heterocycles. The van der Waals surface area contributed by atoms with Crippen molar-refractivity contribution >= 4 is 5.96 Å². The van der Waals surface area contributed by atoms with Crippen LogP contribution in [-0.4, -0.2) is 84.9 Å². The van der Waals surface area contributed by atoms with Crippen LogP contribution in [0.2, 0.25) is 0 Å². The minimum Gasteiger partial charge on any atom is -0.492 e. The van der Waals surface area contributed by atoms with Crippen molar-refractivity contribution in [2.24, 2.45) is 10.9 Å². The maximum absolute atomic E-state index is 6.15. The third kappa shape index (κ3) is 5.81. The average molecular weight is 441 g/mol. The highest BCUT2D eigenvalue weighted by atomic mass is 16.5. The van der Waals surface area contributed by atoms with Gasteiger partial charge in [0.1, 0.15) is 12.4 Å². The molecule has 4 rings (SSSR count). The maximum atomic E-state index is 6.15. The smallest absolute Gasteiger partial charge is 0.193 e. The Morgan fingerprint density at radius 2 is 2.09 bits per heavy atom. The van der Waals surface area contributed by atoms with Gasteiger partial charge in [-0.05, 0) is 18.4 Å². The molecule has 1 aromatic heterocycles. The van der Waals surface area contributed by atoms with Crippen LogP contribution in [0.5, 0.6) is 5.75 Å². The summed E-state index contributed by atoms with van der Waals surface area (Å²) in [5, 5.41) is 3.56. The molecule has 2 aliphatic rings. The highest BCUT2D eigenvalue weighted by Gasteiger charge is 2.28. The summed E-state index contributed by atoms with van der Waals surface area (Å²) in [7, 11) is 1.86. The number of hydrogen-bond donors (Lipinski definition) is 1. The first-order chi connectivity index (χ1) is 15.7. The number of morpholine rings is 1. The second-order valence-corrected chi connectivity index (χ2v) is 8.60. The number of nitrogens with zero attached hydrogens (tertiary/aromatic N) is 5. The van der Waals surface area contributed by atoms with Crippen molar-refractivity contribution in [2.45, 2.75) is 25.9 Å². The van der Waals surface area contributed by atoms with Gasteiger partial charge in [0.15, 0.2) is 5.96 Å². The van der Waals surface area contributed by atoms with Crippen LogP contribution in [0.25, 0.3) is 0 Å². The first-order valence-electron chi connectivity index (χ1n) is 11.7. The lowest BCUT2D eigenvalue weighted by molar-refractivity contribution is 0.0322. The minimum absolute atomic E-state index is 0.403. The number of ether oxygens (including phenoxy) is 2. The molecule has 174 valence electrons.